The van der Waals surface area contributed by atoms with Crippen molar-refractivity contribution in [2.75, 3.05) is 13.2 Å². The van der Waals surface area contributed by atoms with Gasteiger partial charge in [-0.1, -0.05) is 6.92 Å². The first-order valence-electron chi connectivity index (χ1n) is 7.77. The third-order valence-corrected chi connectivity index (χ3v) is 3.83. The number of hydrogen-bond donors (Lipinski definition) is 1. The van der Waals surface area contributed by atoms with Gasteiger partial charge < -0.3 is 9.47 Å². The predicted molar refractivity (Wildman–Crippen MR) is 82.5 cm³/mol. The zero-order chi connectivity index (χ0) is 15.1. The van der Waals surface area contributed by atoms with Gasteiger partial charge in [-0.3, -0.25) is 5.32 Å². The van der Waals surface area contributed by atoms with E-state index in [0.29, 0.717) is 6.61 Å². The number of hydrogen-bond acceptors (Lipinski definition) is 4. The lowest BCUT2D eigenvalue weighted by molar-refractivity contribution is 0.200. The smallest absolute Gasteiger partial charge is 0.119 e. The van der Waals surface area contributed by atoms with Crippen LogP contribution in [0.1, 0.15) is 39.5 Å². The fraction of sp³-hybridized carbons (Fsp3) is 0.588. The maximum atomic E-state index is 9.44. The second kappa shape index (κ2) is 7.33. The Morgan fingerprint density at radius 1 is 1.29 bits per heavy atom. The molecule has 2 unspecified atom stereocenters. The quantitative estimate of drug-likeness (QED) is 0.836. The third-order valence-electron chi connectivity index (χ3n) is 3.83. The van der Waals surface area contributed by atoms with E-state index in [2.05, 4.69) is 18.3 Å². The second-order valence-corrected chi connectivity index (χ2v) is 5.51. The van der Waals surface area contributed by atoms with Gasteiger partial charge in [-0.25, -0.2) is 0 Å². The Labute approximate surface area is 127 Å². The number of nitrogens with one attached hydrogen (secondary N) is 1. The lowest BCUT2D eigenvalue weighted by Crippen LogP contribution is -2.42. The van der Waals surface area contributed by atoms with E-state index in [1.807, 2.05) is 31.2 Å². The summed E-state index contributed by atoms with van der Waals surface area (Å²) in [5, 5.41) is 12.8. The predicted octanol–water partition coefficient (Wildman–Crippen LogP) is 3.28. The topological polar surface area (TPSA) is 54.3 Å². The molecule has 0 spiro atoms. The van der Waals surface area contributed by atoms with Crippen molar-refractivity contribution in [3.8, 4) is 17.6 Å². The van der Waals surface area contributed by atoms with E-state index < -0.39 is 5.54 Å². The van der Waals surface area contributed by atoms with E-state index in [4.69, 9.17) is 9.47 Å². The Hall–Kier alpha value is -1.73. The van der Waals surface area contributed by atoms with Crippen LogP contribution in [0, 0.1) is 11.3 Å². The Morgan fingerprint density at radius 3 is 2.62 bits per heavy atom. The number of ether oxygens (including phenoxy) is 2. The summed E-state index contributed by atoms with van der Waals surface area (Å²) in [4.78, 5) is 0. The second-order valence-electron chi connectivity index (χ2n) is 5.51. The van der Waals surface area contributed by atoms with Gasteiger partial charge in [-0.05, 0) is 57.0 Å². The minimum atomic E-state index is -0.411. The average Bonchev–Trinajstić information content (AvgIpc) is 2.91. The first kappa shape index (κ1) is 15.7. The van der Waals surface area contributed by atoms with Crippen LogP contribution in [-0.4, -0.2) is 24.8 Å². The van der Waals surface area contributed by atoms with Gasteiger partial charge in [0, 0.05) is 6.42 Å². The largest absolute Gasteiger partial charge is 0.494 e. The van der Waals surface area contributed by atoms with Gasteiger partial charge in [0.15, 0.2) is 0 Å². The van der Waals surface area contributed by atoms with Crippen LogP contribution in [0.5, 0.6) is 11.5 Å². The van der Waals surface area contributed by atoms with E-state index in [0.717, 1.165) is 43.7 Å². The molecule has 21 heavy (non-hydrogen) atoms. The molecule has 0 aliphatic heterocycles. The molecule has 1 aliphatic rings. The summed E-state index contributed by atoms with van der Waals surface area (Å²) in [7, 11) is 0. The molecule has 1 N–H and O–H groups in total. The van der Waals surface area contributed by atoms with Gasteiger partial charge >= 0.3 is 0 Å². The van der Waals surface area contributed by atoms with Crippen molar-refractivity contribution in [3.05, 3.63) is 24.3 Å². The van der Waals surface area contributed by atoms with Crippen LogP contribution >= 0.6 is 0 Å². The molecule has 0 saturated heterocycles. The monoisotopic (exact) mass is 288 g/mol. The molecule has 0 amide bonds. The molecular weight excluding hydrogens is 264 g/mol. The average molecular weight is 288 g/mol. The van der Waals surface area contributed by atoms with Crippen molar-refractivity contribution in [2.45, 2.75) is 51.2 Å². The molecule has 1 saturated carbocycles. The van der Waals surface area contributed by atoms with E-state index in [1.54, 1.807) is 0 Å². The van der Waals surface area contributed by atoms with Crippen molar-refractivity contribution >= 4 is 0 Å². The molecule has 114 valence electrons. The van der Waals surface area contributed by atoms with Crippen LogP contribution in [0.3, 0.4) is 0 Å². The Morgan fingerprint density at radius 2 is 2.00 bits per heavy atom. The normalized spacial score (nSPS) is 24.5. The zero-order valence-corrected chi connectivity index (χ0v) is 12.9. The highest BCUT2D eigenvalue weighted by Crippen LogP contribution is 2.32. The molecular formula is C17H24N2O2. The van der Waals surface area contributed by atoms with Crippen LogP contribution in [-0.2, 0) is 0 Å². The lowest BCUT2D eigenvalue weighted by atomic mass is 9.99. The molecule has 0 heterocycles. The number of benzene rings is 1. The molecule has 4 heteroatoms. The highest BCUT2D eigenvalue weighted by molar-refractivity contribution is 5.31. The van der Waals surface area contributed by atoms with E-state index in [9.17, 15) is 5.26 Å². The summed E-state index contributed by atoms with van der Waals surface area (Å²) in [6.45, 7) is 5.62. The van der Waals surface area contributed by atoms with Crippen molar-refractivity contribution in [1.82, 2.24) is 5.32 Å². The first-order valence-corrected chi connectivity index (χ1v) is 7.77. The molecule has 0 radical (unpaired) electrons. The summed E-state index contributed by atoms with van der Waals surface area (Å²) in [6.07, 6.45) is 3.65. The molecule has 1 aromatic carbocycles. The molecule has 1 fully saturated rings. The molecule has 0 aromatic heterocycles. The van der Waals surface area contributed by atoms with Gasteiger partial charge in [0.2, 0.25) is 0 Å². The fourth-order valence-electron chi connectivity index (χ4n) is 2.74. The van der Waals surface area contributed by atoms with Gasteiger partial charge in [0.25, 0.3) is 0 Å². The minimum absolute atomic E-state index is 0.104. The van der Waals surface area contributed by atoms with Crippen LogP contribution in [0.2, 0.25) is 0 Å². The lowest BCUT2D eigenvalue weighted by Gasteiger charge is -2.22. The van der Waals surface area contributed by atoms with Crippen molar-refractivity contribution < 1.29 is 9.47 Å². The number of nitrogens with zero attached hydrogens (tertiary/aromatic N) is 1. The molecule has 2 rings (SSSR count). The highest BCUT2D eigenvalue weighted by atomic mass is 16.5. The summed E-state index contributed by atoms with van der Waals surface area (Å²) >= 11 is 0. The van der Waals surface area contributed by atoms with Crippen LogP contribution in [0.4, 0.5) is 0 Å². The summed E-state index contributed by atoms with van der Waals surface area (Å²) in [5.41, 5.74) is -0.411. The summed E-state index contributed by atoms with van der Waals surface area (Å²) < 4.78 is 11.4. The van der Waals surface area contributed by atoms with E-state index in [-0.39, 0.29) is 6.10 Å². The molecule has 0 bridgehead atoms. The molecule has 2 atom stereocenters. The van der Waals surface area contributed by atoms with Gasteiger partial charge in [0.05, 0.1) is 12.7 Å². The molecule has 1 aliphatic carbocycles. The summed E-state index contributed by atoms with van der Waals surface area (Å²) in [5.74, 6) is 1.69. The van der Waals surface area contributed by atoms with Crippen LogP contribution < -0.4 is 14.8 Å². The van der Waals surface area contributed by atoms with Crippen molar-refractivity contribution in [3.63, 3.8) is 0 Å². The SMILES string of the molecule is CCCNC1(C#N)CCC(Oc2ccc(OCC)cc2)C1. The van der Waals surface area contributed by atoms with Crippen LogP contribution in [0.15, 0.2) is 24.3 Å². The Kier molecular flexibility index (Phi) is 5.46. The van der Waals surface area contributed by atoms with Crippen molar-refractivity contribution in [1.29, 1.82) is 5.26 Å². The van der Waals surface area contributed by atoms with Crippen molar-refractivity contribution in [2.24, 2.45) is 0 Å². The minimum Gasteiger partial charge on any atom is -0.494 e. The summed E-state index contributed by atoms with van der Waals surface area (Å²) in [6, 6.07) is 10.1. The standard InChI is InChI=1S/C17H24N2O2/c1-3-11-19-17(13-18)10-9-16(12-17)21-15-7-5-14(6-8-15)20-4-2/h5-8,16,19H,3-4,9-12H2,1-2H3. The van der Waals surface area contributed by atoms with Gasteiger partial charge in [-0.2, -0.15) is 5.26 Å². The number of rotatable bonds is 7. The Bertz CT molecular complexity index is 481. The molecule has 4 nitrogen and oxygen atoms in total. The third kappa shape index (κ3) is 4.12. The van der Waals surface area contributed by atoms with Gasteiger partial charge in [-0.15, -0.1) is 0 Å². The Balaban J connectivity index is 1.91. The van der Waals surface area contributed by atoms with E-state index in [1.165, 1.54) is 0 Å². The maximum Gasteiger partial charge on any atom is 0.119 e. The number of nitriles is 1. The molecule has 1 aromatic rings. The van der Waals surface area contributed by atoms with Crippen LogP contribution in [0.25, 0.3) is 0 Å². The fourth-order valence-corrected chi connectivity index (χ4v) is 2.74. The highest BCUT2D eigenvalue weighted by Gasteiger charge is 2.40. The zero-order valence-electron chi connectivity index (χ0n) is 12.9. The maximum absolute atomic E-state index is 9.44. The first-order chi connectivity index (χ1) is 10.2. The van der Waals surface area contributed by atoms with E-state index >= 15 is 0 Å². The van der Waals surface area contributed by atoms with Gasteiger partial charge in [0.1, 0.15) is 23.1 Å².